The standard InChI is InChI=1S/C11H25N2O/c1-10(2)8-13-11(3)9-14-7-5-4-6-12/h10-13H,4-9H2,1-3H3. The van der Waals surface area contributed by atoms with Crippen LogP contribution in [0.3, 0.4) is 0 Å². The predicted molar refractivity (Wildman–Crippen MR) is 60.3 cm³/mol. The minimum absolute atomic E-state index is 0.438. The summed E-state index contributed by atoms with van der Waals surface area (Å²) in [5, 5.41) is 3.41. The summed E-state index contributed by atoms with van der Waals surface area (Å²) >= 11 is 0. The molecule has 0 aliphatic rings. The van der Waals surface area contributed by atoms with Crippen molar-refractivity contribution in [2.45, 2.75) is 39.7 Å². The molecule has 1 radical (unpaired) electrons. The molecular weight excluding hydrogens is 176 g/mol. The van der Waals surface area contributed by atoms with Gasteiger partial charge < -0.3 is 10.1 Å². The summed E-state index contributed by atoms with van der Waals surface area (Å²) in [4.78, 5) is 0. The highest BCUT2D eigenvalue weighted by atomic mass is 16.5. The molecule has 0 aromatic heterocycles. The SMILES string of the molecule is CC(C)CNC(C)COCCCC[NH]. The van der Waals surface area contributed by atoms with E-state index in [2.05, 4.69) is 26.1 Å². The van der Waals surface area contributed by atoms with E-state index in [0.29, 0.717) is 18.5 Å². The lowest BCUT2D eigenvalue weighted by molar-refractivity contribution is 0.112. The first-order valence-corrected chi connectivity index (χ1v) is 5.62. The first kappa shape index (κ1) is 13.9. The van der Waals surface area contributed by atoms with Gasteiger partial charge in [0.1, 0.15) is 0 Å². The van der Waals surface area contributed by atoms with Crippen molar-refractivity contribution in [3.63, 3.8) is 0 Å². The van der Waals surface area contributed by atoms with Gasteiger partial charge in [-0.25, -0.2) is 0 Å². The van der Waals surface area contributed by atoms with Crippen LogP contribution in [0.2, 0.25) is 0 Å². The average Bonchev–Trinajstić information content (AvgIpc) is 2.14. The second-order valence-corrected chi connectivity index (χ2v) is 4.24. The molecule has 0 saturated heterocycles. The van der Waals surface area contributed by atoms with Crippen LogP contribution in [-0.4, -0.2) is 32.3 Å². The predicted octanol–water partition coefficient (Wildman–Crippen LogP) is 1.70. The monoisotopic (exact) mass is 201 g/mol. The van der Waals surface area contributed by atoms with Crippen LogP contribution in [0.25, 0.3) is 0 Å². The highest BCUT2D eigenvalue weighted by Gasteiger charge is 2.01. The molecule has 0 amide bonds. The molecule has 0 aromatic rings. The molecule has 2 N–H and O–H groups in total. The van der Waals surface area contributed by atoms with E-state index in [1.54, 1.807) is 0 Å². The Balaban J connectivity index is 3.14. The Morgan fingerprint density at radius 2 is 1.93 bits per heavy atom. The molecular formula is C11H25N2O. The molecule has 0 heterocycles. The molecule has 0 aliphatic carbocycles. The van der Waals surface area contributed by atoms with Crippen LogP contribution < -0.4 is 11.1 Å². The van der Waals surface area contributed by atoms with Crippen molar-refractivity contribution in [3.8, 4) is 0 Å². The Bertz CT molecular complexity index is 118. The fourth-order valence-corrected chi connectivity index (χ4v) is 1.09. The van der Waals surface area contributed by atoms with Gasteiger partial charge in [-0.15, -0.1) is 0 Å². The number of nitrogens with one attached hydrogen (secondary N) is 2. The largest absolute Gasteiger partial charge is 0.380 e. The average molecular weight is 201 g/mol. The summed E-state index contributed by atoms with van der Waals surface area (Å²) in [6, 6.07) is 0.438. The number of ether oxygens (including phenoxy) is 1. The summed E-state index contributed by atoms with van der Waals surface area (Å²) in [6.07, 6.45) is 1.97. The molecule has 0 fully saturated rings. The third-order valence-corrected chi connectivity index (χ3v) is 1.96. The molecule has 14 heavy (non-hydrogen) atoms. The molecule has 85 valence electrons. The third kappa shape index (κ3) is 9.96. The van der Waals surface area contributed by atoms with Gasteiger partial charge in [-0.05, 0) is 32.2 Å². The number of unbranched alkanes of at least 4 members (excludes halogenated alkanes) is 1. The molecule has 0 bridgehead atoms. The summed E-state index contributed by atoms with van der Waals surface area (Å²) in [5.74, 6) is 0.695. The van der Waals surface area contributed by atoms with Crippen molar-refractivity contribution in [3.05, 3.63) is 0 Å². The maximum atomic E-state index is 6.97. The van der Waals surface area contributed by atoms with E-state index in [4.69, 9.17) is 10.5 Å². The van der Waals surface area contributed by atoms with Crippen LogP contribution in [0, 0.1) is 5.92 Å². The quantitative estimate of drug-likeness (QED) is 0.577. The Labute approximate surface area is 88.4 Å². The zero-order chi connectivity index (χ0) is 10.8. The number of hydrogen-bond acceptors (Lipinski definition) is 2. The van der Waals surface area contributed by atoms with Gasteiger partial charge in [-0.1, -0.05) is 13.8 Å². The van der Waals surface area contributed by atoms with E-state index in [1.165, 1.54) is 0 Å². The lowest BCUT2D eigenvalue weighted by Crippen LogP contribution is -2.33. The molecule has 0 aromatic carbocycles. The summed E-state index contributed by atoms with van der Waals surface area (Å²) in [6.45, 7) is 9.70. The van der Waals surface area contributed by atoms with E-state index in [9.17, 15) is 0 Å². The van der Waals surface area contributed by atoms with E-state index >= 15 is 0 Å². The number of rotatable bonds is 9. The van der Waals surface area contributed by atoms with Gasteiger partial charge in [-0.2, -0.15) is 0 Å². The van der Waals surface area contributed by atoms with Gasteiger partial charge in [0.2, 0.25) is 0 Å². The van der Waals surface area contributed by atoms with Crippen molar-refractivity contribution in [2.24, 2.45) is 5.92 Å². The van der Waals surface area contributed by atoms with Crippen LogP contribution in [0.5, 0.6) is 0 Å². The molecule has 1 unspecified atom stereocenters. The van der Waals surface area contributed by atoms with E-state index in [1.807, 2.05) is 0 Å². The van der Waals surface area contributed by atoms with Gasteiger partial charge in [0.05, 0.1) is 6.61 Å². The van der Waals surface area contributed by atoms with Gasteiger partial charge >= 0.3 is 0 Å². The highest BCUT2D eigenvalue weighted by molar-refractivity contribution is 4.60. The molecule has 1 atom stereocenters. The Morgan fingerprint density at radius 1 is 1.21 bits per heavy atom. The lowest BCUT2D eigenvalue weighted by atomic mass is 10.2. The third-order valence-electron chi connectivity index (χ3n) is 1.96. The van der Waals surface area contributed by atoms with E-state index < -0.39 is 0 Å². The normalized spacial score (nSPS) is 13.5. The molecule has 0 aliphatic heterocycles. The Morgan fingerprint density at radius 3 is 2.50 bits per heavy atom. The first-order valence-electron chi connectivity index (χ1n) is 5.62. The molecule has 3 heteroatoms. The van der Waals surface area contributed by atoms with Crippen LogP contribution in [-0.2, 0) is 4.74 Å². The van der Waals surface area contributed by atoms with Crippen molar-refractivity contribution in [2.75, 3.05) is 26.3 Å². The topological polar surface area (TPSA) is 45.1 Å². The van der Waals surface area contributed by atoms with Gasteiger partial charge in [0.25, 0.3) is 0 Å². The first-order chi connectivity index (χ1) is 6.66. The van der Waals surface area contributed by atoms with Crippen LogP contribution in [0.1, 0.15) is 33.6 Å². The fourth-order valence-electron chi connectivity index (χ4n) is 1.09. The van der Waals surface area contributed by atoms with Gasteiger partial charge in [0.15, 0.2) is 0 Å². The molecule has 0 spiro atoms. The maximum absolute atomic E-state index is 6.97. The maximum Gasteiger partial charge on any atom is 0.0616 e. The highest BCUT2D eigenvalue weighted by Crippen LogP contribution is 1.93. The van der Waals surface area contributed by atoms with Crippen molar-refractivity contribution >= 4 is 0 Å². The zero-order valence-electron chi connectivity index (χ0n) is 9.81. The van der Waals surface area contributed by atoms with Crippen molar-refractivity contribution < 1.29 is 4.74 Å². The Hall–Kier alpha value is -0.120. The molecule has 3 nitrogen and oxygen atoms in total. The molecule has 0 rings (SSSR count). The Kier molecular flexibility index (Phi) is 9.35. The number of hydrogen-bond donors (Lipinski definition) is 1. The fraction of sp³-hybridized carbons (Fsp3) is 1.00. The van der Waals surface area contributed by atoms with Gasteiger partial charge in [-0.3, -0.25) is 5.73 Å². The van der Waals surface area contributed by atoms with Crippen LogP contribution >= 0.6 is 0 Å². The minimum atomic E-state index is 0.438. The van der Waals surface area contributed by atoms with E-state index in [-0.39, 0.29) is 0 Å². The van der Waals surface area contributed by atoms with Crippen LogP contribution in [0.15, 0.2) is 0 Å². The van der Waals surface area contributed by atoms with E-state index in [0.717, 1.165) is 32.6 Å². The van der Waals surface area contributed by atoms with Gasteiger partial charge in [0, 0.05) is 19.2 Å². The minimum Gasteiger partial charge on any atom is -0.380 e. The summed E-state index contributed by atoms with van der Waals surface area (Å²) < 4.78 is 5.48. The summed E-state index contributed by atoms with van der Waals surface area (Å²) in [5.41, 5.74) is 6.97. The smallest absolute Gasteiger partial charge is 0.0616 e. The second-order valence-electron chi connectivity index (χ2n) is 4.24. The molecule has 0 saturated carbocycles. The van der Waals surface area contributed by atoms with Crippen molar-refractivity contribution in [1.82, 2.24) is 11.1 Å². The second kappa shape index (κ2) is 9.44. The lowest BCUT2D eigenvalue weighted by Gasteiger charge is -2.15. The zero-order valence-corrected chi connectivity index (χ0v) is 9.81. The summed E-state index contributed by atoms with van der Waals surface area (Å²) in [7, 11) is 0. The van der Waals surface area contributed by atoms with Crippen LogP contribution in [0.4, 0.5) is 0 Å². The van der Waals surface area contributed by atoms with Crippen molar-refractivity contribution in [1.29, 1.82) is 0 Å².